The largest absolute Gasteiger partial charge is 0.334 e. The predicted octanol–water partition coefficient (Wildman–Crippen LogP) is 14.4. The molecule has 0 saturated carbocycles. The number of hydrogen-bond acceptors (Lipinski definition) is 3. The predicted molar refractivity (Wildman–Crippen MR) is 233 cm³/mol. The van der Waals surface area contributed by atoms with Crippen LogP contribution in [0.25, 0.3) is 36.5 Å². The quantitative estimate of drug-likeness (QED) is 0.120. The fourth-order valence-corrected chi connectivity index (χ4v) is 7.02. The Labute approximate surface area is 321 Å². The van der Waals surface area contributed by atoms with Gasteiger partial charge in [-0.3, -0.25) is 4.57 Å². The van der Waals surface area contributed by atoms with E-state index >= 15 is 0 Å². The highest BCUT2D eigenvalue weighted by molar-refractivity contribution is 7.52. The molecule has 0 spiro atoms. The number of rotatable bonds is 10. The van der Waals surface area contributed by atoms with E-state index in [1.165, 1.54) is 47.6 Å². The van der Waals surface area contributed by atoms with Crippen LogP contribution >= 0.6 is 7.60 Å². The molecule has 0 unspecified atom stereocenters. The zero-order valence-corrected chi connectivity index (χ0v) is 35.7. The first-order valence-electron chi connectivity index (χ1n) is 18.8. The highest BCUT2D eigenvalue weighted by Crippen LogP contribution is 2.49. The Hall–Kier alpha value is -3.75. The topological polar surface area (TPSA) is 35.5 Å². The van der Waals surface area contributed by atoms with Gasteiger partial charge in [-0.2, -0.15) is 0 Å². The fourth-order valence-electron chi connectivity index (χ4n) is 5.96. The van der Waals surface area contributed by atoms with Gasteiger partial charge in [-0.1, -0.05) is 180 Å². The van der Waals surface area contributed by atoms with Gasteiger partial charge in [-0.05, 0) is 101 Å². The van der Waals surface area contributed by atoms with Gasteiger partial charge in [-0.15, -0.1) is 0 Å². The van der Waals surface area contributed by atoms with Gasteiger partial charge < -0.3 is 9.05 Å². The second-order valence-electron chi connectivity index (χ2n) is 18.5. The van der Waals surface area contributed by atoms with Crippen LogP contribution in [0.15, 0.2) is 78.9 Å². The molecule has 4 rings (SSSR count). The second kappa shape index (κ2) is 16.3. The molecule has 0 fully saturated rings. The van der Waals surface area contributed by atoms with Crippen LogP contribution < -0.4 is 0 Å². The first-order valence-corrected chi connectivity index (χ1v) is 20.5. The van der Waals surface area contributed by atoms with E-state index in [0.29, 0.717) is 0 Å². The Balaban J connectivity index is 1.77. The van der Waals surface area contributed by atoms with Gasteiger partial charge in [-0.25, -0.2) is 0 Å². The third-order valence-corrected chi connectivity index (χ3v) is 11.6. The molecule has 53 heavy (non-hydrogen) atoms. The lowest BCUT2D eigenvalue weighted by Crippen LogP contribution is -2.16. The van der Waals surface area contributed by atoms with Gasteiger partial charge in [0.1, 0.15) is 0 Å². The number of benzene rings is 4. The normalized spacial score (nSPS) is 13.5. The van der Waals surface area contributed by atoms with Crippen LogP contribution in [0.1, 0.15) is 144 Å². The Morgan fingerprint density at radius 3 is 0.943 bits per heavy atom. The van der Waals surface area contributed by atoms with Crippen molar-refractivity contribution in [3.8, 4) is 0 Å². The summed E-state index contributed by atoms with van der Waals surface area (Å²) in [5.74, 6) is 0. The summed E-state index contributed by atoms with van der Waals surface area (Å²) in [6, 6.07) is 28.8. The molecule has 0 heterocycles. The monoisotopic (exact) mass is 730 g/mol. The molecule has 0 aliphatic carbocycles. The van der Waals surface area contributed by atoms with Gasteiger partial charge in [0.2, 0.25) is 0 Å². The molecule has 4 aromatic rings. The van der Waals surface area contributed by atoms with E-state index in [9.17, 15) is 4.57 Å². The lowest BCUT2D eigenvalue weighted by atomic mass is 9.79. The molecule has 0 aliphatic heterocycles. The van der Waals surface area contributed by atoms with Gasteiger partial charge in [0.05, 0.1) is 6.16 Å². The number of hydrogen-bond donors (Lipinski definition) is 0. The van der Waals surface area contributed by atoms with Gasteiger partial charge >= 0.3 is 7.60 Å². The Bertz CT molecular complexity index is 1840. The maximum Gasteiger partial charge on any atom is 0.334 e. The lowest BCUT2D eigenvalue weighted by Gasteiger charge is -2.25. The smallest absolute Gasteiger partial charge is 0.312 e. The zero-order chi connectivity index (χ0) is 39.4. The summed E-state index contributed by atoms with van der Waals surface area (Å²) in [6.45, 7) is 27.4. The summed E-state index contributed by atoms with van der Waals surface area (Å²) >= 11 is 0. The van der Waals surface area contributed by atoms with Crippen molar-refractivity contribution in [1.29, 1.82) is 0 Å². The Morgan fingerprint density at radius 1 is 0.415 bits per heavy atom. The van der Waals surface area contributed by atoms with Crippen LogP contribution in [0.3, 0.4) is 0 Å². The van der Waals surface area contributed by atoms with Crippen LogP contribution in [0.5, 0.6) is 0 Å². The minimum absolute atomic E-state index is 0.0507. The summed E-state index contributed by atoms with van der Waals surface area (Å²) in [4.78, 5) is 0. The average molecular weight is 731 g/mol. The highest BCUT2D eigenvalue weighted by Gasteiger charge is 2.23. The highest BCUT2D eigenvalue weighted by atomic mass is 31.2. The first-order chi connectivity index (χ1) is 24.5. The van der Waals surface area contributed by atoms with Crippen molar-refractivity contribution in [1.82, 2.24) is 0 Å². The SMILES string of the molecule is COP(=O)(Cc1ccc(C=Cc2cc(C=Cc3cc(C(C)(C)C)cc(C(C)(C)C)c3)cc(C=Cc3cc(C(C)(C)C)cc(C(C)(C)C)c3)c2)cc1)OC. The van der Waals surface area contributed by atoms with E-state index in [4.69, 9.17) is 9.05 Å². The lowest BCUT2D eigenvalue weighted by molar-refractivity contribution is 0.275. The van der Waals surface area contributed by atoms with Crippen molar-refractivity contribution in [2.75, 3.05) is 14.2 Å². The summed E-state index contributed by atoms with van der Waals surface area (Å²) in [5.41, 5.74) is 13.3. The molecule has 282 valence electrons. The summed E-state index contributed by atoms with van der Waals surface area (Å²) < 4.78 is 22.9. The molecule has 0 atom stereocenters. The molecule has 3 nitrogen and oxygen atoms in total. The van der Waals surface area contributed by atoms with Crippen molar-refractivity contribution in [2.24, 2.45) is 0 Å². The van der Waals surface area contributed by atoms with Crippen molar-refractivity contribution in [2.45, 2.75) is 111 Å². The van der Waals surface area contributed by atoms with E-state index in [0.717, 1.165) is 27.8 Å². The zero-order valence-electron chi connectivity index (χ0n) is 34.8. The van der Waals surface area contributed by atoms with Crippen molar-refractivity contribution >= 4 is 44.1 Å². The summed E-state index contributed by atoms with van der Waals surface area (Å²) in [5, 5.41) is 0. The third-order valence-electron chi connectivity index (χ3n) is 9.69. The minimum Gasteiger partial charge on any atom is -0.312 e. The fraction of sp³-hybridized carbons (Fsp3) is 0.388. The molecular formula is C49H63O3P. The molecule has 0 bridgehead atoms. The van der Waals surface area contributed by atoms with E-state index < -0.39 is 7.60 Å². The molecule has 0 aliphatic rings. The summed E-state index contributed by atoms with van der Waals surface area (Å²) in [6.07, 6.45) is 13.5. The van der Waals surface area contributed by atoms with Crippen LogP contribution in [0, 0.1) is 0 Å². The Kier molecular flexibility index (Phi) is 12.9. The summed E-state index contributed by atoms with van der Waals surface area (Å²) in [7, 11) is -0.281. The van der Waals surface area contributed by atoms with Crippen molar-refractivity contribution in [3.63, 3.8) is 0 Å². The van der Waals surface area contributed by atoms with E-state index in [1.807, 2.05) is 24.3 Å². The molecule has 0 saturated heterocycles. The third kappa shape index (κ3) is 12.1. The van der Waals surface area contributed by atoms with E-state index in [-0.39, 0.29) is 27.8 Å². The van der Waals surface area contributed by atoms with Crippen LogP contribution in [-0.2, 0) is 41.4 Å². The van der Waals surface area contributed by atoms with Crippen LogP contribution in [-0.4, -0.2) is 14.2 Å². The molecule has 0 amide bonds. The Morgan fingerprint density at radius 2 is 0.679 bits per heavy atom. The first kappa shape index (κ1) is 42.0. The molecule has 0 aromatic heterocycles. The van der Waals surface area contributed by atoms with Crippen LogP contribution in [0.4, 0.5) is 0 Å². The molecule has 0 N–H and O–H groups in total. The molecular weight excluding hydrogens is 668 g/mol. The second-order valence-corrected chi connectivity index (χ2v) is 20.8. The van der Waals surface area contributed by atoms with E-state index in [2.05, 4.69) is 174 Å². The molecule has 4 aromatic carbocycles. The minimum atomic E-state index is -3.13. The van der Waals surface area contributed by atoms with Crippen molar-refractivity contribution < 1.29 is 13.6 Å². The van der Waals surface area contributed by atoms with Crippen LogP contribution in [0.2, 0.25) is 0 Å². The van der Waals surface area contributed by atoms with Gasteiger partial charge in [0.15, 0.2) is 0 Å². The maximum absolute atomic E-state index is 12.6. The van der Waals surface area contributed by atoms with E-state index in [1.54, 1.807) is 0 Å². The van der Waals surface area contributed by atoms with Gasteiger partial charge in [0.25, 0.3) is 0 Å². The average Bonchev–Trinajstić information content (AvgIpc) is 3.07. The van der Waals surface area contributed by atoms with Crippen molar-refractivity contribution in [3.05, 3.63) is 140 Å². The molecule has 0 radical (unpaired) electrons. The maximum atomic E-state index is 12.6. The standard InChI is InChI=1S/C49H63O3P/c1-46(2,3)42-28-40(29-43(32-42)47(4,5)6)23-21-38-25-37(20-17-35-15-18-36(19-16-35)34-53(50,51-13)52-14)26-39(27-38)22-24-41-30-44(48(7,8)9)33-45(31-41)49(10,11)12/h15-33H,34H2,1-14H3. The van der Waals surface area contributed by atoms with Gasteiger partial charge in [0, 0.05) is 14.2 Å². The molecule has 4 heteroatoms.